The molecule has 1 heterocycles. The number of nitrogens with one attached hydrogen (secondary N) is 1. The summed E-state index contributed by atoms with van der Waals surface area (Å²) in [5.41, 5.74) is 3.65. The maximum absolute atomic E-state index is 12.7. The largest absolute Gasteiger partial charge is 0.329 e. The van der Waals surface area contributed by atoms with Gasteiger partial charge in [-0.15, -0.1) is 0 Å². The Kier molecular flexibility index (Phi) is 5.04. The van der Waals surface area contributed by atoms with Crippen LogP contribution in [0.5, 0.6) is 0 Å². The molecule has 0 aromatic heterocycles. The molecule has 2 aromatic carbocycles. The van der Waals surface area contributed by atoms with E-state index >= 15 is 0 Å². The molecule has 24 heavy (non-hydrogen) atoms. The molecular formula is C19H25N2O2S+. The molecule has 0 saturated carbocycles. The number of benzene rings is 2. The first-order valence-corrected chi connectivity index (χ1v) is 9.85. The molecule has 3 rings (SSSR count). The number of rotatable bonds is 4. The molecule has 1 N–H and O–H groups in total. The highest BCUT2D eigenvalue weighted by molar-refractivity contribution is 7.89. The summed E-state index contributed by atoms with van der Waals surface area (Å²) in [5, 5.41) is 0. The van der Waals surface area contributed by atoms with Crippen molar-refractivity contribution in [3.8, 4) is 0 Å². The summed E-state index contributed by atoms with van der Waals surface area (Å²) in [6.45, 7) is 7.86. The van der Waals surface area contributed by atoms with E-state index in [0.29, 0.717) is 18.0 Å². The van der Waals surface area contributed by atoms with Crippen molar-refractivity contribution in [2.45, 2.75) is 25.3 Å². The normalized spacial score (nSPS) is 17.1. The Morgan fingerprint density at radius 3 is 1.92 bits per heavy atom. The molecule has 0 bridgehead atoms. The van der Waals surface area contributed by atoms with Crippen LogP contribution in [0.25, 0.3) is 0 Å². The highest BCUT2D eigenvalue weighted by Gasteiger charge is 2.30. The zero-order chi connectivity index (χ0) is 17.2. The molecule has 0 amide bonds. The molecular weight excluding hydrogens is 320 g/mol. The van der Waals surface area contributed by atoms with Gasteiger partial charge in [0, 0.05) is 5.56 Å². The second-order valence-corrected chi connectivity index (χ2v) is 8.57. The molecule has 4 nitrogen and oxygen atoms in total. The van der Waals surface area contributed by atoms with Crippen LogP contribution in [0.3, 0.4) is 0 Å². The first kappa shape index (κ1) is 17.1. The lowest BCUT2D eigenvalue weighted by atomic mass is 10.1. The van der Waals surface area contributed by atoms with E-state index < -0.39 is 10.0 Å². The predicted molar refractivity (Wildman–Crippen MR) is 95.5 cm³/mol. The van der Waals surface area contributed by atoms with Gasteiger partial charge in [-0.1, -0.05) is 47.5 Å². The highest BCUT2D eigenvalue weighted by Crippen LogP contribution is 2.16. The third-order valence-corrected chi connectivity index (χ3v) is 6.58. The van der Waals surface area contributed by atoms with Crippen LogP contribution < -0.4 is 4.90 Å². The Balaban J connectivity index is 1.62. The molecule has 1 fully saturated rings. The maximum Gasteiger partial charge on any atom is 0.243 e. The summed E-state index contributed by atoms with van der Waals surface area (Å²) in [7, 11) is -3.36. The van der Waals surface area contributed by atoms with Crippen LogP contribution >= 0.6 is 0 Å². The van der Waals surface area contributed by atoms with Gasteiger partial charge in [-0.25, -0.2) is 8.42 Å². The fraction of sp³-hybridized carbons (Fsp3) is 0.368. The number of piperazine rings is 1. The molecule has 1 aliphatic rings. The standard InChI is InChI=1S/C19H24N2O2S/c1-16-3-7-18(8-4-16)15-20-11-13-21(14-12-20)24(22,23)19-9-5-17(2)6-10-19/h3-10H,11-15H2,1-2H3/p+1. The van der Waals surface area contributed by atoms with Crippen LogP contribution in [-0.2, 0) is 16.6 Å². The zero-order valence-electron chi connectivity index (χ0n) is 14.3. The molecule has 0 unspecified atom stereocenters. The number of aryl methyl sites for hydroxylation is 2. The van der Waals surface area contributed by atoms with E-state index in [1.54, 1.807) is 16.4 Å². The summed E-state index contributed by atoms with van der Waals surface area (Å²) < 4.78 is 27.1. The number of nitrogens with zero attached hydrogens (tertiary/aromatic N) is 1. The van der Waals surface area contributed by atoms with Crippen LogP contribution in [0.15, 0.2) is 53.4 Å². The van der Waals surface area contributed by atoms with Crippen molar-refractivity contribution in [2.24, 2.45) is 0 Å². The average Bonchev–Trinajstić information content (AvgIpc) is 2.58. The lowest BCUT2D eigenvalue weighted by Crippen LogP contribution is -3.13. The smallest absolute Gasteiger partial charge is 0.243 e. The monoisotopic (exact) mass is 345 g/mol. The van der Waals surface area contributed by atoms with E-state index in [-0.39, 0.29) is 0 Å². The number of sulfonamides is 1. The molecule has 0 atom stereocenters. The Morgan fingerprint density at radius 1 is 0.875 bits per heavy atom. The van der Waals surface area contributed by atoms with Crippen LogP contribution in [-0.4, -0.2) is 38.9 Å². The van der Waals surface area contributed by atoms with Crippen LogP contribution in [0.1, 0.15) is 16.7 Å². The van der Waals surface area contributed by atoms with Gasteiger partial charge in [-0.3, -0.25) is 0 Å². The van der Waals surface area contributed by atoms with E-state index in [9.17, 15) is 8.42 Å². The van der Waals surface area contributed by atoms with Crippen LogP contribution in [0.2, 0.25) is 0 Å². The summed E-state index contributed by atoms with van der Waals surface area (Å²) in [4.78, 5) is 1.84. The zero-order valence-corrected chi connectivity index (χ0v) is 15.1. The van der Waals surface area contributed by atoms with E-state index in [1.807, 2.05) is 19.1 Å². The first-order chi connectivity index (χ1) is 11.4. The minimum absolute atomic E-state index is 0.398. The van der Waals surface area contributed by atoms with E-state index in [1.165, 1.54) is 16.0 Å². The fourth-order valence-corrected chi connectivity index (χ4v) is 4.51. The van der Waals surface area contributed by atoms with Gasteiger partial charge in [0.2, 0.25) is 10.0 Å². The molecule has 1 saturated heterocycles. The lowest BCUT2D eigenvalue weighted by molar-refractivity contribution is -0.917. The average molecular weight is 345 g/mol. The predicted octanol–water partition coefficient (Wildman–Crippen LogP) is 1.39. The molecule has 128 valence electrons. The SMILES string of the molecule is Cc1ccc(C[NH+]2CCN(S(=O)(=O)c3ccc(C)cc3)CC2)cc1. The van der Waals surface area contributed by atoms with Gasteiger partial charge in [0.05, 0.1) is 31.1 Å². The van der Waals surface area contributed by atoms with Gasteiger partial charge < -0.3 is 4.90 Å². The second-order valence-electron chi connectivity index (χ2n) is 6.63. The van der Waals surface area contributed by atoms with Gasteiger partial charge >= 0.3 is 0 Å². The number of quaternary nitrogens is 1. The van der Waals surface area contributed by atoms with Gasteiger partial charge in [0.15, 0.2) is 0 Å². The van der Waals surface area contributed by atoms with E-state index in [0.717, 1.165) is 25.2 Å². The van der Waals surface area contributed by atoms with Gasteiger partial charge in [-0.2, -0.15) is 4.31 Å². The van der Waals surface area contributed by atoms with Gasteiger partial charge in [0.1, 0.15) is 6.54 Å². The van der Waals surface area contributed by atoms with Crippen LogP contribution in [0, 0.1) is 13.8 Å². The van der Waals surface area contributed by atoms with Crippen molar-refractivity contribution in [2.75, 3.05) is 26.2 Å². The van der Waals surface area contributed by atoms with Gasteiger partial charge in [-0.05, 0) is 26.0 Å². The molecule has 0 spiro atoms. The first-order valence-electron chi connectivity index (χ1n) is 8.41. The van der Waals surface area contributed by atoms with Crippen molar-refractivity contribution >= 4 is 10.0 Å². The van der Waals surface area contributed by atoms with Crippen molar-refractivity contribution < 1.29 is 13.3 Å². The van der Waals surface area contributed by atoms with E-state index in [2.05, 4.69) is 31.2 Å². The molecule has 5 heteroatoms. The summed E-state index contributed by atoms with van der Waals surface area (Å²) in [6.07, 6.45) is 0. The van der Waals surface area contributed by atoms with Crippen molar-refractivity contribution in [1.82, 2.24) is 4.31 Å². The minimum Gasteiger partial charge on any atom is -0.329 e. The van der Waals surface area contributed by atoms with Crippen molar-refractivity contribution in [3.05, 3.63) is 65.2 Å². The van der Waals surface area contributed by atoms with Crippen molar-refractivity contribution in [3.63, 3.8) is 0 Å². The molecule has 2 aromatic rings. The topological polar surface area (TPSA) is 41.8 Å². The second kappa shape index (κ2) is 7.05. The van der Waals surface area contributed by atoms with Gasteiger partial charge in [0.25, 0.3) is 0 Å². The number of hydrogen-bond donors (Lipinski definition) is 1. The highest BCUT2D eigenvalue weighted by atomic mass is 32.2. The molecule has 0 radical (unpaired) electrons. The quantitative estimate of drug-likeness (QED) is 0.910. The maximum atomic E-state index is 12.7. The fourth-order valence-electron chi connectivity index (χ4n) is 3.07. The summed E-state index contributed by atoms with van der Waals surface area (Å²) in [6, 6.07) is 15.7. The number of hydrogen-bond acceptors (Lipinski definition) is 2. The Morgan fingerprint density at radius 2 is 1.38 bits per heavy atom. The summed E-state index contributed by atoms with van der Waals surface area (Å²) in [5.74, 6) is 0. The molecule has 0 aliphatic carbocycles. The van der Waals surface area contributed by atoms with Crippen LogP contribution in [0.4, 0.5) is 0 Å². The van der Waals surface area contributed by atoms with E-state index in [4.69, 9.17) is 0 Å². The van der Waals surface area contributed by atoms with Crippen molar-refractivity contribution in [1.29, 1.82) is 0 Å². The third-order valence-electron chi connectivity index (χ3n) is 4.66. The minimum atomic E-state index is -3.36. The lowest BCUT2D eigenvalue weighted by Gasteiger charge is -2.31. The summed E-state index contributed by atoms with van der Waals surface area (Å²) >= 11 is 0. The third kappa shape index (κ3) is 3.86. The Bertz CT molecular complexity index is 775. The Labute approximate surface area is 144 Å². The molecule has 1 aliphatic heterocycles. The Hall–Kier alpha value is -1.69.